The smallest absolute Gasteiger partial charge is 0.133 e. The van der Waals surface area contributed by atoms with E-state index in [1.165, 1.54) is 66.0 Å². The molecule has 0 amide bonds. The first-order valence-corrected chi connectivity index (χ1v) is 19.0. The zero-order valence-electron chi connectivity index (χ0n) is 27.6. The van der Waals surface area contributed by atoms with Crippen molar-refractivity contribution in [1.82, 2.24) is 0 Å². The minimum absolute atomic E-state index is 0.123. The average Bonchev–Trinajstić information content (AvgIpc) is 3.15. The van der Waals surface area contributed by atoms with Crippen molar-refractivity contribution in [2.24, 2.45) is 0 Å². The Balaban J connectivity index is 1.34. The molecule has 0 bridgehead atoms. The maximum Gasteiger partial charge on any atom is 0.133 e. The summed E-state index contributed by atoms with van der Waals surface area (Å²) in [6.45, 7) is 4.71. The Hall–Kier alpha value is -5.64. The van der Waals surface area contributed by atoms with Gasteiger partial charge in [-0.2, -0.15) is 0 Å². The largest absolute Gasteiger partial charge is 0.457 e. The summed E-state index contributed by atoms with van der Waals surface area (Å²) >= 11 is 0. The molecule has 3 heteroatoms. The second-order valence-corrected chi connectivity index (χ2v) is 16.8. The Morgan fingerprint density at radius 1 is 0.449 bits per heavy atom. The fourth-order valence-electron chi connectivity index (χ4n) is 9.19. The Bertz CT molecular complexity index is 2330. The van der Waals surface area contributed by atoms with Crippen LogP contribution in [0.1, 0.15) is 47.2 Å². The van der Waals surface area contributed by atoms with Gasteiger partial charge in [-0.25, -0.2) is 0 Å². The van der Waals surface area contributed by atoms with Crippen molar-refractivity contribution >= 4 is 41.4 Å². The van der Waals surface area contributed by atoms with Crippen LogP contribution in [0.15, 0.2) is 170 Å². The average molecular weight is 646 g/mol. The summed E-state index contributed by atoms with van der Waals surface area (Å²) in [5.41, 5.74) is 10.8. The van der Waals surface area contributed by atoms with Crippen molar-refractivity contribution in [2.75, 3.05) is 4.90 Å². The van der Waals surface area contributed by atoms with Gasteiger partial charge in [-0.1, -0.05) is 152 Å². The molecule has 3 aliphatic heterocycles. The van der Waals surface area contributed by atoms with E-state index in [0.29, 0.717) is 0 Å². The third-order valence-electron chi connectivity index (χ3n) is 11.3. The standard InChI is InChI=1S/C46H35NOSi/c1-45(2)33-18-6-11-23-39(33)47(40-24-12-7-19-34(40)45)31-28-29-44-38(30-31)46(35-20-8-13-25-41(35)48-42-26-14-9-21-36(42)46)37-22-10-15-27-43(37)49(44)32-16-4-3-5-17-32/h3-30,49H,1-2H3. The molecule has 49 heavy (non-hydrogen) atoms. The summed E-state index contributed by atoms with van der Waals surface area (Å²) in [5.74, 6) is 1.84. The van der Waals surface area contributed by atoms with E-state index in [1.54, 1.807) is 0 Å². The molecule has 234 valence electrons. The molecule has 1 unspecified atom stereocenters. The van der Waals surface area contributed by atoms with Crippen molar-refractivity contribution < 1.29 is 4.74 Å². The van der Waals surface area contributed by atoms with Crippen LogP contribution in [0.2, 0.25) is 0 Å². The van der Waals surface area contributed by atoms with Crippen LogP contribution in [-0.4, -0.2) is 8.80 Å². The maximum absolute atomic E-state index is 6.71. The van der Waals surface area contributed by atoms with Crippen LogP contribution in [0, 0.1) is 0 Å². The highest BCUT2D eigenvalue weighted by atomic mass is 28.3. The van der Waals surface area contributed by atoms with Crippen molar-refractivity contribution in [3.8, 4) is 11.5 Å². The maximum atomic E-state index is 6.71. The number of benzene rings is 7. The van der Waals surface area contributed by atoms with Crippen LogP contribution in [0.4, 0.5) is 17.1 Å². The monoisotopic (exact) mass is 645 g/mol. The molecule has 0 saturated carbocycles. The third kappa shape index (κ3) is 3.82. The zero-order chi connectivity index (χ0) is 32.7. The molecule has 0 N–H and O–H groups in total. The Morgan fingerprint density at radius 3 is 1.57 bits per heavy atom. The molecule has 1 spiro atoms. The van der Waals surface area contributed by atoms with Crippen molar-refractivity contribution in [3.63, 3.8) is 0 Å². The van der Waals surface area contributed by atoms with Gasteiger partial charge in [-0.05, 0) is 69.0 Å². The van der Waals surface area contributed by atoms with Gasteiger partial charge in [0.25, 0.3) is 0 Å². The predicted molar refractivity (Wildman–Crippen MR) is 204 cm³/mol. The molecule has 0 aromatic heterocycles. The fraction of sp³-hybridized carbons (Fsp3) is 0.0870. The molecular formula is C46H35NOSi. The first-order chi connectivity index (χ1) is 24.1. The molecule has 10 rings (SSSR count). The number of ether oxygens (including phenoxy) is 1. The van der Waals surface area contributed by atoms with Gasteiger partial charge in [0.05, 0.1) is 16.8 Å². The highest BCUT2D eigenvalue weighted by molar-refractivity contribution is 6.96. The molecule has 0 aliphatic carbocycles. The molecule has 0 saturated heterocycles. The van der Waals surface area contributed by atoms with Gasteiger partial charge < -0.3 is 9.64 Å². The lowest BCUT2D eigenvalue weighted by atomic mass is 9.63. The van der Waals surface area contributed by atoms with Gasteiger partial charge in [-0.3, -0.25) is 0 Å². The molecule has 3 aliphatic rings. The van der Waals surface area contributed by atoms with Crippen molar-refractivity contribution in [3.05, 3.63) is 203 Å². The molecule has 2 nitrogen and oxygen atoms in total. The predicted octanol–water partition coefficient (Wildman–Crippen LogP) is 8.85. The molecule has 7 aromatic carbocycles. The SMILES string of the molecule is CC1(C)c2ccccc2N(c2ccc3c(c2)C2(c4ccccc4Oc4ccccc42)c2ccccc2[SiH]3c2ccccc2)c2ccccc21. The van der Waals surface area contributed by atoms with Gasteiger partial charge in [0, 0.05) is 22.2 Å². The second kappa shape index (κ2) is 10.4. The summed E-state index contributed by atoms with van der Waals surface area (Å²) in [5, 5.41) is 4.36. The van der Waals surface area contributed by atoms with Crippen LogP contribution in [-0.2, 0) is 10.8 Å². The van der Waals surface area contributed by atoms with Crippen LogP contribution in [0.5, 0.6) is 11.5 Å². The third-order valence-corrected chi connectivity index (χ3v) is 14.6. The number of nitrogens with zero attached hydrogens (tertiary/aromatic N) is 1. The van der Waals surface area contributed by atoms with E-state index < -0.39 is 14.2 Å². The molecule has 0 fully saturated rings. The van der Waals surface area contributed by atoms with Crippen LogP contribution in [0.25, 0.3) is 0 Å². The normalized spacial score (nSPS) is 17.0. The summed E-state index contributed by atoms with van der Waals surface area (Å²) in [6.07, 6.45) is 0. The van der Waals surface area contributed by atoms with E-state index in [9.17, 15) is 0 Å². The van der Waals surface area contributed by atoms with E-state index in [-0.39, 0.29) is 5.41 Å². The van der Waals surface area contributed by atoms with E-state index in [4.69, 9.17) is 4.74 Å². The van der Waals surface area contributed by atoms with Gasteiger partial charge in [-0.15, -0.1) is 0 Å². The number of hydrogen-bond donors (Lipinski definition) is 0. The molecule has 1 atom stereocenters. The van der Waals surface area contributed by atoms with E-state index in [0.717, 1.165) is 11.5 Å². The van der Waals surface area contributed by atoms with Crippen LogP contribution in [0.3, 0.4) is 0 Å². The highest BCUT2D eigenvalue weighted by Crippen LogP contribution is 2.57. The van der Waals surface area contributed by atoms with Gasteiger partial charge in [0.15, 0.2) is 0 Å². The Morgan fingerprint density at radius 2 is 0.939 bits per heavy atom. The number of anilines is 3. The minimum atomic E-state index is -1.88. The van der Waals surface area contributed by atoms with Crippen LogP contribution < -0.4 is 25.2 Å². The summed E-state index contributed by atoms with van der Waals surface area (Å²) in [6, 6.07) is 63.1. The van der Waals surface area contributed by atoms with Gasteiger partial charge in [0.1, 0.15) is 20.3 Å². The Labute approximate surface area is 289 Å². The fourth-order valence-corrected chi connectivity index (χ4v) is 12.7. The number of rotatable bonds is 2. The molecule has 7 aromatic rings. The molecule has 0 radical (unpaired) electrons. The van der Waals surface area contributed by atoms with Crippen molar-refractivity contribution in [2.45, 2.75) is 24.7 Å². The van der Waals surface area contributed by atoms with Gasteiger partial charge >= 0.3 is 0 Å². The van der Waals surface area contributed by atoms with Crippen LogP contribution >= 0.6 is 0 Å². The number of fused-ring (bicyclic) bond motifs is 10. The van der Waals surface area contributed by atoms with Crippen molar-refractivity contribution in [1.29, 1.82) is 0 Å². The first kappa shape index (κ1) is 28.4. The first-order valence-electron chi connectivity index (χ1n) is 17.2. The summed E-state index contributed by atoms with van der Waals surface area (Å²) in [7, 11) is -1.88. The molecular weight excluding hydrogens is 611 g/mol. The number of para-hydroxylation sites is 4. The van der Waals surface area contributed by atoms with Gasteiger partial charge in [0.2, 0.25) is 0 Å². The Kier molecular flexibility index (Phi) is 6.04. The second-order valence-electron chi connectivity index (χ2n) is 14.0. The minimum Gasteiger partial charge on any atom is -0.457 e. The summed E-state index contributed by atoms with van der Waals surface area (Å²) in [4.78, 5) is 2.50. The lowest BCUT2D eigenvalue weighted by Crippen LogP contribution is -2.62. The zero-order valence-corrected chi connectivity index (χ0v) is 28.8. The lowest BCUT2D eigenvalue weighted by molar-refractivity contribution is 0.435. The quantitative estimate of drug-likeness (QED) is 0.174. The number of hydrogen-bond acceptors (Lipinski definition) is 2. The van der Waals surface area contributed by atoms with E-state index in [2.05, 4.69) is 189 Å². The van der Waals surface area contributed by atoms with E-state index >= 15 is 0 Å². The van der Waals surface area contributed by atoms with E-state index in [1.807, 2.05) is 0 Å². The summed E-state index contributed by atoms with van der Waals surface area (Å²) < 4.78 is 6.71. The molecule has 3 heterocycles. The topological polar surface area (TPSA) is 12.5 Å². The highest BCUT2D eigenvalue weighted by Gasteiger charge is 2.52. The lowest BCUT2D eigenvalue weighted by Gasteiger charge is -2.48.